The minimum absolute atomic E-state index is 0.166. The Hall–Kier alpha value is -3.40. The topological polar surface area (TPSA) is 115 Å². The van der Waals surface area contributed by atoms with Crippen molar-refractivity contribution in [1.29, 1.82) is 0 Å². The average molecular weight is 409 g/mol. The Balaban J connectivity index is 1.45. The zero-order chi connectivity index (χ0) is 20.7. The van der Waals surface area contributed by atoms with Crippen LogP contribution in [0.1, 0.15) is 16.8 Å². The molecule has 5 rings (SSSR count). The smallest absolute Gasteiger partial charge is 0.257 e. The maximum absolute atomic E-state index is 13.0. The first kappa shape index (κ1) is 18.6. The van der Waals surface area contributed by atoms with Gasteiger partial charge in [0.15, 0.2) is 5.65 Å². The lowest BCUT2D eigenvalue weighted by Gasteiger charge is -2.12. The van der Waals surface area contributed by atoms with Crippen LogP contribution in [0.15, 0.2) is 30.6 Å². The summed E-state index contributed by atoms with van der Waals surface area (Å²) in [5.74, 6) is 2.45. The molecule has 1 aliphatic heterocycles. The number of hydrogen-bond donors (Lipinski definition) is 3. The number of pyridine rings is 1. The van der Waals surface area contributed by atoms with E-state index in [1.807, 2.05) is 6.07 Å². The van der Waals surface area contributed by atoms with Crippen LogP contribution in [0.25, 0.3) is 5.65 Å². The van der Waals surface area contributed by atoms with E-state index in [0.29, 0.717) is 52.9 Å². The van der Waals surface area contributed by atoms with Gasteiger partial charge in [-0.05, 0) is 24.5 Å². The second-order valence-corrected chi connectivity index (χ2v) is 7.45. The highest BCUT2D eigenvalue weighted by molar-refractivity contribution is 6.00. The van der Waals surface area contributed by atoms with Crippen LogP contribution >= 0.6 is 0 Å². The number of ether oxygens (including phenoxy) is 2. The molecule has 1 amide bonds. The van der Waals surface area contributed by atoms with Crippen LogP contribution in [0.3, 0.4) is 0 Å². The molecule has 3 aromatic heterocycles. The van der Waals surface area contributed by atoms with Gasteiger partial charge in [0.2, 0.25) is 5.88 Å². The number of carbonyl (C=O) groups is 1. The van der Waals surface area contributed by atoms with Crippen LogP contribution in [-0.4, -0.2) is 58.9 Å². The lowest BCUT2D eigenvalue weighted by Crippen LogP contribution is -2.28. The highest BCUT2D eigenvalue weighted by Crippen LogP contribution is 2.44. The molecular weight excluding hydrogens is 386 g/mol. The fraction of sp³-hybridized carbons (Fsp3) is 0.400. The number of nitrogens with zero attached hydrogens (tertiary/aromatic N) is 4. The Morgan fingerprint density at radius 3 is 3.03 bits per heavy atom. The molecule has 0 spiro atoms. The maximum atomic E-state index is 13.0. The number of nitrogens with one attached hydrogen (secondary N) is 3. The Morgan fingerprint density at radius 2 is 2.27 bits per heavy atom. The number of hydrogen-bond acceptors (Lipinski definition) is 8. The molecule has 2 fully saturated rings. The van der Waals surface area contributed by atoms with E-state index in [4.69, 9.17) is 9.47 Å². The van der Waals surface area contributed by atoms with Gasteiger partial charge in [-0.3, -0.25) is 4.79 Å². The lowest BCUT2D eigenvalue weighted by atomic mass is 10.2. The first-order valence-corrected chi connectivity index (χ1v) is 9.90. The molecule has 30 heavy (non-hydrogen) atoms. The van der Waals surface area contributed by atoms with E-state index in [1.54, 1.807) is 43.2 Å². The molecule has 0 unspecified atom stereocenters. The molecule has 10 nitrogen and oxygen atoms in total. The van der Waals surface area contributed by atoms with Crippen molar-refractivity contribution in [3.63, 3.8) is 0 Å². The fourth-order valence-corrected chi connectivity index (χ4v) is 4.10. The van der Waals surface area contributed by atoms with Crippen LogP contribution in [0.2, 0.25) is 0 Å². The predicted molar refractivity (Wildman–Crippen MR) is 110 cm³/mol. The van der Waals surface area contributed by atoms with Crippen molar-refractivity contribution in [2.24, 2.45) is 11.8 Å². The number of fused-ring (bicyclic) bond motifs is 2. The second kappa shape index (κ2) is 7.45. The van der Waals surface area contributed by atoms with Crippen molar-refractivity contribution in [3.8, 4) is 5.88 Å². The predicted octanol–water partition coefficient (Wildman–Crippen LogP) is 1.68. The largest absolute Gasteiger partial charge is 0.480 e. The van der Waals surface area contributed by atoms with E-state index in [2.05, 4.69) is 31.0 Å². The summed E-state index contributed by atoms with van der Waals surface area (Å²) in [4.78, 5) is 21.8. The summed E-state index contributed by atoms with van der Waals surface area (Å²) in [6.45, 7) is 1.48. The van der Waals surface area contributed by atoms with Crippen LogP contribution in [0.5, 0.6) is 5.88 Å². The number of aromatic nitrogens is 4. The summed E-state index contributed by atoms with van der Waals surface area (Å²) < 4.78 is 12.4. The molecule has 3 atom stereocenters. The van der Waals surface area contributed by atoms with Gasteiger partial charge in [-0.1, -0.05) is 0 Å². The summed E-state index contributed by atoms with van der Waals surface area (Å²) in [6.07, 6.45) is 4.20. The molecule has 0 bridgehead atoms. The average Bonchev–Trinajstić information content (AvgIpc) is 3.29. The zero-order valence-corrected chi connectivity index (χ0v) is 16.8. The molecule has 156 valence electrons. The Kier molecular flexibility index (Phi) is 4.62. The molecule has 2 aliphatic rings. The quantitative estimate of drug-likeness (QED) is 0.563. The first-order chi connectivity index (χ1) is 14.7. The van der Waals surface area contributed by atoms with E-state index in [-0.39, 0.29) is 11.9 Å². The van der Waals surface area contributed by atoms with Crippen molar-refractivity contribution in [2.45, 2.75) is 12.5 Å². The van der Waals surface area contributed by atoms with E-state index in [9.17, 15) is 4.79 Å². The van der Waals surface area contributed by atoms with Crippen molar-refractivity contribution >= 4 is 28.9 Å². The van der Waals surface area contributed by atoms with Crippen LogP contribution < -0.4 is 20.7 Å². The highest BCUT2D eigenvalue weighted by atomic mass is 16.5. The van der Waals surface area contributed by atoms with E-state index in [1.165, 1.54) is 0 Å². The van der Waals surface area contributed by atoms with Gasteiger partial charge in [0.05, 0.1) is 19.9 Å². The van der Waals surface area contributed by atoms with Gasteiger partial charge in [-0.15, -0.1) is 0 Å². The molecule has 0 aromatic carbocycles. The highest BCUT2D eigenvalue weighted by Gasteiger charge is 2.52. The van der Waals surface area contributed by atoms with E-state index < -0.39 is 0 Å². The summed E-state index contributed by atoms with van der Waals surface area (Å²) in [7, 11) is 3.35. The molecule has 1 saturated carbocycles. The van der Waals surface area contributed by atoms with Crippen LogP contribution in [0, 0.1) is 11.8 Å². The van der Waals surface area contributed by atoms with Gasteiger partial charge in [0.1, 0.15) is 22.9 Å². The molecule has 10 heteroatoms. The number of amides is 1. The van der Waals surface area contributed by atoms with Crippen LogP contribution in [0.4, 0.5) is 17.3 Å². The lowest BCUT2D eigenvalue weighted by molar-refractivity contribution is 0.0881. The molecule has 3 N–H and O–H groups in total. The van der Waals surface area contributed by atoms with E-state index in [0.717, 1.165) is 13.0 Å². The van der Waals surface area contributed by atoms with Gasteiger partial charge in [-0.25, -0.2) is 9.97 Å². The van der Waals surface area contributed by atoms with E-state index >= 15 is 0 Å². The molecular formula is C20H23N7O3. The molecule has 1 aliphatic carbocycles. The molecule has 3 aromatic rings. The molecule has 0 radical (unpaired) electrons. The number of rotatable bonds is 6. The summed E-state index contributed by atoms with van der Waals surface area (Å²) in [6, 6.07) is 5.62. The minimum atomic E-state index is -0.171. The first-order valence-electron chi connectivity index (χ1n) is 9.90. The van der Waals surface area contributed by atoms with Crippen molar-refractivity contribution in [1.82, 2.24) is 24.9 Å². The number of carbonyl (C=O) groups excluding carboxylic acids is 1. The number of methoxy groups -OCH3 is 1. The summed E-state index contributed by atoms with van der Waals surface area (Å²) in [5, 5.41) is 13.8. The maximum Gasteiger partial charge on any atom is 0.257 e. The molecule has 1 saturated heterocycles. The Labute approximate surface area is 173 Å². The monoisotopic (exact) mass is 409 g/mol. The normalized spacial score (nSPS) is 22.3. The summed E-state index contributed by atoms with van der Waals surface area (Å²) >= 11 is 0. The van der Waals surface area contributed by atoms with Crippen molar-refractivity contribution in [3.05, 3.63) is 36.2 Å². The van der Waals surface area contributed by atoms with Crippen LogP contribution in [-0.2, 0) is 4.74 Å². The van der Waals surface area contributed by atoms with Crippen molar-refractivity contribution < 1.29 is 14.3 Å². The third-order valence-electron chi connectivity index (χ3n) is 5.74. The standard InChI is InChI=1S/C20H23N7O3/c1-21-16-8-15(24-14-4-3-6-22-20(14)29-2)25-18-12(9-23-27(16)18)19(28)26-17-11-5-7-30-10-13(11)17/h3-4,6,8-9,11,13,17,21H,5,7,10H2,1-2H3,(H,24,25)(H,26,28)/t11-,13+,17+/m1/s1. The third-order valence-corrected chi connectivity index (χ3v) is 5.74. The van der Waals surface area contributed by atoms with Gasteiger partial charge in [0, 0.05) is 37.9 Å². The second-order valence-electron chi connectivity index (χ2n) is 7.45. The summed E-state index contributed by atoms with van der Waals surface area (Å²) in [5.41, 5.74) is 1.56. The van der Waals surface area contributed by atoms with Gasteiger partial charge < -0.3 is 25.4 Å². The minimum Gasteiger partial charge on any atom is -0.480 e. The van der Waals surface area contributed by atoms with Crippen molar-refractivity contribution in [2.75, 3.05) is 38.0 Å². The third kappa shape index (κ3) is 3.18. The fourth-order valence-electron chi connectivity index (χ4n) is 4.10. The Morgan fingerprint density at radius 1 is 1.37 bits per heavy atom. The zero-order valence-electron chi connectivity index (χ0n) is 16.8. The molecule has 4 heterocycles. The van der Waals surface area contributed by atoms with Gasteiger partial charge in [0.25, 0.3) is 5.91 Å². The SMILES string of the molecule is CNc1cc(Nc2cccnc2OC)nc2c(C(=O)N[C@H]3[C@@H]4CCOC[C@@H]43)cnn12. The number of anilines is 3. The van der Waals surface area contributed by atoms with Gasteiger partial charge >= 0.3 is 0 Å². The van der Waals surface area contributed by atoms with Gasteiger partial charge in [-0.2, -0.15) is 9.61 Å². The Bertz CT molecular complexity index is 1090.